The molecule has 0 spiro atoms. The first kappa shape index (κ1) is 31.6. The van der Waals surface area contributed by atoms with Gasteiger partial charge in [-0.2, -0.15) is 13.2 Å². The molecule has 0 bridgehead atoms. The van der Waals surface area contributed by atoms with Crippen LogP contribution in [-0.2, 0) is 24.4 Å². The lowest BCUT2D eigenvalue weighted by Gasteiger charge is -2.20. The number of carbonyl (C=O) groups excluding carboxylic acids is 1. The van der Waals surface area contributed by atoms with Gasteiger partial charge in [0, 0.05) is 15.7 Å². The van der Waals surface area contributed by atoms with Gasteiger partial charge in [0.25, 0.3) is 15.6 Å². The summed E-state index contributed by atoms with van der Waals surface area (Å²) >= 11 is 2.05. The Morgan fingerprint density at radius 3 is 2.19 bits per heavy atom. The Hall–Kier alpha value is -3.39. The van der Waals surface area contributed by atoms with Crippen LogP contribution in [0.15, 0.2) is 46.1 Å². The number of aromatic nitrogens is 1. The van der Waals surface area contributed by atoms with E-state index in [0.717, 1.165) is 8.14 Å². The topological polar surface area (TPSA) is 220 Å². The summed E-state index contributed by atoms with van der Waals surface area (Å²) in [4.78, 5) is 38.7. The minimum Gasteiger partial charge on any atom is -0.475 e. The maximum Gasteiger partial charge on any atom is 0.490 e. The summed E-state index contributed by atoms with van der Waals surface area (Å²) in [5.41, 5.74) is 12.1. The Bertz CT molecular complexity index is 1300. The normalized spacial score (nSPS) is 12.0. The third kappa shape index (κ3) is 9.88. The largest absolute Gasteiger partial charge is 0.490 e. The summed E-state index contributed by atoms with van der Waals surface area (Å²) in [5, 5.41) is 14.1. The smallest absolute Gasteiger partial charge is 0.475 e. The fourth-order valence-corrected chi connectivity index (χ4v) is 4.04. The first-order valence-corrected chi connectivity index (χ1v) is 12.3. The lowest BCUT2D eigenvalue weighted by atomic mass is 10.1. The van der Waals surface area contributed by atoms with Crippen LogP contribution in [0.3, 0.4) is 0 Å². The van der Waals surface area contributed by atoms with E-state index < -0.39 is 45.6 Å². The number of carboxylic acids is 1. The average Bonchev–Trinajstić information content (AvgIpc) is 2.77. The zero-order valence-corrected chi connectivity index (χ0v) is 21.8. The molecule has 1 aromatic heterocycles. The van der Waals surface area contributed by atoms with Crippen molar-refractivity contribution in [1.29, 1.82) is 5.41 Å². The molecule has 204 valence electrons. The zero-order valence-electron chi connectivity index (χ0n) is 18.9. The Morgan fingerprint density at radius 1 is 1.19 bits per heavy atom. The number of hydrogen-bond donors (Lipinski definition) is 6. The highest BCUT2D eigenvalue weighted by atomic mass is 127. The summed E-state index contributed by atoms with van der Waals surface area (Å²) in [5.74, 6) is -3.98. The van der Waals surface area contributed by atoms with Crippen LogP contribution in [0.5, 0.6) is 0 Å². The molecule has 0 aliphatic heterocycles. The number of pyridine rings is 1. The number of rotatable bonds is 9. The van der Waals surface area contributed by atoms with E-state index in [1.54, 1.807) is 19.1 Å². The molecule has 0 aliphatic rings. The number of nitrogens with one attached hydrogen (secondary N) is 3. The first-order valence-electron chi connectivity index (χ1n) is 9.79. The monoisotopic (exact) mass is 662 g/mol. The molecule has 2 aromatic rings. The molecule has 0 radical (unpaired) electrons. The van der Waals surface area contributed by atoms with E-state index in [4.69, 9.17) is 31.6 Å². The number of alkyl halides is 3. The molecular weight excluding hydrogens is 640 g/mol. The minimum atomic E-state index is -5.08. The van der Waals surface area contributed by atoms with E-state index in [2.05, 4.69) is 10.2 Å². The number of sulfonamides is 1. The number of aryl methyl sites for hydroxylation is 1. The van der Waals surface area contributed by atoms with Crippen LogP contribution in [0.4, 0.5) is 18.9 Å². The minimum absolute atomic E-state index is 0.00963. The van der Waals surface area contributed by atoms with Crippen molar-refractivity contribution in [2.75, 3.05) is 11.3 Å². The second-order valence-electron chi connectivity index (χ2n) is 7.00. The van der Waals surface area contributed by atoms with E-state index in [9.17, 15) is 31.2 Å². The molecule has 1 amide bonds. The maximum atomic E-state index is 13.0. The molecule has 0 saturated heterocycles. The first-order chi connectivity index (χ1) is 17.0. The van der Waals surface area contributed by atoms with Crippen molar-refractivity contribution in [2.24, 2.45) is 11.5 Å². The van der Waals surface area contributed by atoms with Crippen molar-refractivity contribution in [3.63, 3.8) is 0 Å². The highest BCUT2D eigenvalue weighted by Gasteiger charge is 2.38. The SMILES string of the molecule is Cc1ccc(NS(=O)(=O)c2ccc(I)cc2)c(=O)n1C(CCONC(=N)N)C(N)=O.O=C(O)C(F)(F)F. The van der Waals surface area contributed by atoms with Gasteiger partial charge in [0.1, 0.15) is 11.7 Å². The maximum absolute atomic E-state index is 13.0. The van der Waals surface area contributed by atoms with Crippen LogP contribution in [-0.4, -0.2) is 48.7 Å². The summed E-state index contributed by atoms with van der Waals surface area (Å²) in [6, 6.07) is 7.81. The lowest BCUT2D eigenvalue weighted by Crippen LogP contribution is -2.38. The van der Waals surface area contributed by atoms with E-state index in [1.165, 1.54) is 24.3 Å². The van der Waals surface area contributed by atoms with Crippen molar-refractivity contribution >= 4 is 56.1 Å². The molecule has 0 aliphatic carbocycles. The number of carbonyl (C=O) groups is 2. The van der Waals surface area contributed by atoms with Gasteiger partial charge in [-0.15, -0.1) is 0 Å². The summed E-state index contributed by atoms with van der Waals surface area (Å²) in [6.07, 6.45) is -5.09. The van der Waals surface area contributed by atoms with Gasteiger partial charge >= 0.3 is 12.1 Å². The number of nitrogens with two attached hydrogens (primary N) is 2. The summed E-state index contributed by atoms with van der Waals surface area (Å²) < 4.78 is 61.2. The van der Waals surface area contributed by atoms with E-state index >= 15 is 0 Å². The van der Waals surface area contributed by atoms with Gasteiger partial charge in [0.15, 0.2) is 0 Å². The fraction of sp³-hybridized carbons (Fsp3) is 0.263. The third-order valence-corrected chi connectivity index (χ3v) is 6.35. The van der Waals surface area contributed by atoms with E-state index in [-0.39, 0.29) is 23.6 Å². The molecule has 13 nitrogen and oxygen atoms in total. The quantitative estimate of drug-likeness (QED) is 0.0742. The Morgan fingerprint density at radius 2 is 1.73 bits per heavy atom. The number of hydroxylamine groups is 1. The van der Waals surface area contributed by atoms with Crippen LogP contribution >= 0.6 is 22.6 Å². The Balaban J connectivity index is 0.000000856. The third-order valence-electron chi connectivity index (χ3n) is 4.25. The van der Waals surface area contributed by atoms with Crippen LogP contribution in [0.2, 0.25) is 0 Å². The number of benzene rings is 1. The van der Waals surface area contributed by atoms with Crippen molar-refractivity contribution < 1.29 is 41.1 Å². The average molecular weight is 662 g/mol. The van der Waals surface area contributed by atoms with E-state index in [0.29, 0.717) is 5.69 Å². The second-order valence-corrected chi connectivity index (χ2v) is 9.92. The zero-order chi connectivity index (χ0) is 28.6. The number of halogens is 4. The van der Waals surface area contributed by atoms with Gasteiger partial charge in [-0.3, -0.25) is 29.1 Å². The van der Waals surface area contributed by atoms with E-state index in [1.807, 2.05) is 22.6 Å². The number of guanidine groups is 1. The van der Waals surface area contributed by atoms with Crippen LogP contribution in [0.1, 0.15) is 18.2 Å². The van der Waals surface area contributed by atoms with Crippen LogP contribution in [0, 0.1) is 15.9 Å². The molecule has 1 unspecified atom stereocenters. The number of amides is 1. The number of carboxylic acid groups (broad SMARTS) is 1. The highest BCUT2D eigenvalue weighted by Crippen LogP contribution is 2.18. The van der Waals surface area contributed by atoms with Crippen molar-refractivity contribution in [1.82, 2.24) is 10.0 Å². The number of nitrogens with zero attached hydrogens (tertiary/aromatic N) is 1. The van der Waals surface area contributed by atoms with Gasteiger partial charge in [-0.1, -0.05) is 0 Å². The molecule has 2 rings (SSSR count). The fourth-order valence-electron chi connectivity index (χ4n) is 2.63. The van der Waals surface area contributed by atoms with Crippen LogP contribution < -0.4 is 27.2 Å². The van der Waals surface area contributed by atoms with Crippen molar-refractivity contribution in [3.8, 4) is 0 Å². The molecule has 0 fully saturated rings. The van der Waals surface area contributed by atoms with Gasteiger partial charge in [0.2, 0.25) is 11.9 Å². The lowest BCUT2D eigenvalue weighted by molar-refractivity contribution is -0.192. The summed E-state index contributed by atoms with van der Waals surface area (Å²) in [7, 11) is -4.01. The van der Waals surface area contributed by atoms with Crippen LogP contribution in [0.25, 0.3) is 0 Å². The highest BCUT2D eigenvalue weighted by molar-refractivity contribution is 14.1. The molecule has 37 heavy (non-hydrogen) atoms. The molecule has 8 N–H and O–H groups in total. The Labute approximate surface area is 221 Å². The second kappa shape index (κ2) is 13.2. The molecular formula is C19H22F3IN6O7S. The summed E-state index contributed by atoms with van der Waals surface area (Å²) in [6.45, 7) is 1.50. The number of aliphatic carboxylic acids is 1. The predicted molar refractivity (Wildman–Crippen MR) is 133 cm³/mol. The van der Waals surface area contributed by atoms with Crippen molar-refractivity contribution in [3.05, 3.63) is 56.0 Å². The molecule has 18 heteroatoms. The Kier molecular flexibility index (Phi) is 11.3. The van der Waals surface area contributed by atoms with Gasteiger partial charge < -0.3 is 16.6 Å². The van der Waals surface area contributed by atoms with Gasteiger partial charge in [0.05, 0.1) is 11.5 Å². The molecule has 1 atom stereocenters. The molecule has 1 aromatic carbocycles. The number of hydrogen-bond acceptors (Lipinski definition) is 7. The number of anilines is 1. The van der Waals surface area contributed by atoms with Gasteiger partial charge in [-0.25, -0.2) is 18.7 Å². The van der Waals surface area contributed by atoms with Gasteiger partial charge in [-0.05, 0) is 65.9 Å². The predicted octanol–water partition coefficient (Wildman–Crippen LogP) is 1.03. The number of primary amides is 1. The molecule has 0 saturated carbocycles. The molecule has 1 heterocycles. The van der Waals surface area contributed by atoms with Crippen molar-refractivity contribution in [2.45, 2.75) is 30.5 Å². The standard InChI is InChI=1S/C17H21IN6O5S.C2HF3O2/c1-10-2-7-13(23-30(27,28)12-5-3-11(18)4-6-12)16(26)24(10)14(15(19)25)8-9-29-22-17(20)21;3-2(4,5)1(6)7/h2-7,14,23H,8-9H2,1H3,(H2,19,25)(H4,20,21,22);(H,6,7).